The molecule has 2 atom stereocenters. The number of thiazole rings is 1. The van der Waals surface area contributed by atoms with Crippen molar-refractivity contribution in [3.05, 3.63) is 91.1 Å². The maximum Gasteiger partial charge on any atom is 0.338 e. The molecule has 0 saturated heterocycles. The minimum Gasteiger partial charge on any atom is -0.494 e. The van der Waals surface area contributed by atoms with Crippen molar-refractivity contribution in [2.24, 2.45) is 16.0 Å². The highest BCUT2D eigenvalue weighted by Gasteiger charge is 2.36. The Labute approximate surface area is 235 Å². The Balaban J connectivity index is 1.61. The van der Waals surface area contributed by atoms with Crippen LogP contribution in [-0.2, 0) is 14.3 Å². The number of amides is 1. The van der Waals surface area contributed by atoms with Crippen molar-refractivity contribution < 1.29 is 19.1 Å². The summed E-state index contributed by atoms with van der Waals surface area (Å²) in [7, 11) is 0. The normalized spacial score (nSPS) is 19.1. The molecule has 1 aromatic heterocycles. The number of benzene rings is 2. The van der Waals surface area contributed by atoms with Gasteiger partial charge < -0.3 is 9.47 Å². The molecule has 0 spiro atoms. The molecule has 0 saturated carbocycles. The quantitative estimate of drug-likeness (QED) is 0.413. The Kier molecular flexibility index (Phi) is 7.53. The second-order valence-corrected chi connectivity index (χ2v) is 10.8. The van der Waals surface area contributed by atoms with Gasteiger partial charge in [-0.1, -0.05) is 41.7 Å². The Morgan fingerprint density at radius 2 is 1.77 bits per heavy atom. The van der Waals surface area contributed by atoms with Gasteiger partial charge in [0.05, 0.1) is 46.0 Å². The third-order valence-corrected chi connectivity index (χ3v) is 7.59. The summed E-state index contributed by atoms with van der Waals surface area (Å²) in [6.07, 6.45) is 1.30. The Hall–Kier alpha value is -4.31. The number of ether oxygens (including phenoxy) is 2. The van der Waals surface area contributed by atoms with E-state index in [1.165, 1.54) is 20.9 Å². The summed E-state index contributed by atoms with van der Waals surface area (Å²) in [5.74, 6) is -0.785. The summed E-state index contributed by atoms with van der Waals surface area (Å²) in [6, 6.07) is 15.7. The topological polar surface area (TPSA) is 103 Å². The first-order chi connectivity index (χ1) is 19.2. The lowest BCUT2D eigenvalue weighted by atomic mass is 9.95. The molecule has 0 unspecified atom stereocenters. The monoisotopic (exact) mass is 558 g/mol. The number of esters is 1. The number of fused-ring (bicyclic) bond motifs is 1. The molecular formula is C30H30N4O5S. The van der Waals surface area contributed by atoms with Crippen molar-refractivity contribution in [3.8, 4) is 5.75 Å². The lowest BCUT2D eigenvalue weighted by Gasteiger charge is -2.25. The van der Waals surface area contributed by atoms with Crippen molar-refractivity contribution in [2.45, 2.75) is 46.8 Å². The van der Waals surface area contributed by atoms with Crippen molar-refractivity contribution in [3.63, 3.8) is 0 Å². The van der Waals surface area contributed by atoms with Gasteiger partial charge in [0.15, 0.2) is 4.80 Å². The zero-order valence-corrected chi connectivity index (χ0v) is 23.8. The minimum absolute atomic E-state index is 0.241. The van der Waals surface area contributed by atoms with Gasteiger partial charge in [-0.15, -0.1) is 0 Å². The number of anilines is 1. The molecule has 5 rings (SSSR count). The van der Waals surface area contributed by atoms with Gasteiger partial charge in [0, 0.05) is 0 Å². The van der Waals surface area contributed by atoms with Gasteiger partial charge >= 0.3 is 5.97 Å². The van der Waals surface area contributed by atoms with Crippen LogP contribution in [0.2, 0.25) is 0 Å². The SMILES string of the molecule is CCOc1ccc([C@@H]2C(C(=O)OC(C)C)=C(C)N=c3s/c(=C\[C@H]4C(=O)N(c5ccccc5)N=C4C)c(=O)n32)cc1. The van der Waals surface area contributed by atoms with Crippen LogP contribution in [-0.4, -0.2) is 34.9 Å². The van der Waals surface area contributed by atoms with Gasteiger partial charge in [0.1, 0.15) is 11.7 Å². The van der Waals surface area contributed by atoms with Crippen molar-refractivity contribution >= 4 is 40.7 Å². The third kappa shape index (κ3) is 5.02. The van der Waals surface area contributed by atoms with Crippen LogP contribution < -0.4 is 24.6 Å². The first-order valence-corrected chi connectivity index (χ1v) is 13.9. The van der Waals surface area contributed by atoms with Crippen LogP contribution in [0, 0.1) is 5.92 Å². The zero-order valence-electron chi connectivity index (χ0n) is 23.0. The fourth-order valence-corrected chi connectivity index (χ4v) is 5.84. The molecule has 0 fully saturated rings. The largest absolute Gasteiger partial charge is 0.494 e. The van der Waals surface area contributed by atoms with Crippen molar-refractivity contribution in [1.29, 1.82) is 0 Å². The van der Waals surface area contributed by atoms with E-state index < -0.39 is 17.9 Å². The summed E-state index contributed by atoms with van der Waals surface area (Å²) in [5.41, 5.74) is 2.38. The van der Waals surface area contributed by atoms with E-state index >= 15 is 0 Å². The van der Waals surface area contributed by atoms with Crippen molar-refractivity contribution in [2.75, 3.05) is 11.6 Å². The van der Waals surface area contributed by atoms with Crippen LogP contribution in [0.25, 0.3) is 6.08 Å². The molecule has 2 aliphatic heterocycles. The number of hydrogen-bond acceptors (Lipinski definition) is 8. The van der Waals surface area contributed by atoms with Gasteiger partial charge in [0.25, 0.3) is 11.5 Å². The first kappa shape index (κ1) is 27.3. The molecule has 40 heavy (non-hydrogen) atoms. The average molecular weight is 559 g/mol. The lowest BCUT2D eigenvalue weighted by molar-refractivity contribution is -0.143. The number of carbonyl (C=O) groups is 2. The van der Waals surface area contributed by atoms with E-state index in [1.54, 1.807) is 33.8 Å². The number of hydrazone groups is 1. The lowest BCUT2D eigenvalue weighted by Crippen LogP contribution is -2.40. The van der Waals surface area contributed by atoms with Crippen LogP contribution in [0.1, 0.15) is 46.2 Å². The molecule has 3 aromatic rings. The van der Waals surface area contributed by atoms with Gasteiger partial charge in [-0.25, -0.2) is 9.79 Å². The molecule has 0 aliphatic carbocycles. The zero-order chi connectivity index (χ0) is 28.6. The number of allylic oxidation sites excluding steroid dienone is 1. The predicted octanol–water partition coefficient (Wildman–Crippen LogP) is 3.58. The van der Waals surface area contributed by atoms with Gasteiger partial charge in [0.2, 0.25) is 0 Å². The third-order valence-electron chi connectivity index (χ3n) is 6.59. The van der Waals surface area contributed by atoms with Crippen LogP contribution in [0.3, 0.4) is 0 Å². The van der Waals surface area contributed by atoms with E-state index in [1.807, 2.05) is 61.5 Å². The fraction of sp³-hybridized carbons (Fsp3) is 0.300. The summed E-state index contributed by atoms with van der Waals surface area (Å²) in [5, 5.41) is 5.81. The van der Waals surface area contributed by atoms with E-state index in [4.69, 9.17) is 9.47 Å². The van der Waals surface area contributed by atoms with E-state index in [9.17, 15) is 14.4 Å². The Bertz CT molecular complexity index is 1700. The number of rotatable bonds is 7. The minimum atomic E-state index is -0.754. The molecule has 0 radical (unpaired) electrons. The molecule has 2 aliphatic rings. The smallest absolute Gasteiger partial charge is 0.338 e. The van der Waals surface area contributed by atoms with Gasteiger partial charge in [-0.2, -0.15) is 10.1 Å². The van der Waals surface area contributed by atoms with Crippen LogP contribution in [0.15, 0.2) is 80.8 Å². The maximum absolute atomic E-state index is 13.9. The Morgan fingerprint density at radius 1 is 1.07 bits per heavy atom. The maximum atomic E-state index is 13.9. The fourth-order valence-electron chi connectivity index (χ4n) is 4.78. The molecule has 0 bridgehead atoms. The number of aromatic nitrogens is 1. The summed E-state index contributed by atoms with van der Waals surface area (Å²) in [4.78, 5) is 45.6. The van der Waals surface area contributed by atoms with Crippen LogP contribution in [0.4, 0.5) is 5.69 Å². The molecule has 2 aromatic carbocycles. The molecule has 9 nitrogen and oxygen atoms in total. The summed E-state index contributed by atoms with van der Waals surface area (Å²) < 4.78 is 13.0. The van der Waals surface area contributed by atoms with Gasteiger partial charge in [-0.05, 0) is 70.5 Å². The van der Waals surface area contributed by atoms with Crippen LogP contribution >= 0.6 is 11.3 Å². The molecular weight excluding hydrogens is 528 g/mol. The summed E-state index contributed by atoms with van der Waals surface area (Å²) in [6.45, 7) is 9.48. The number of hydrogen-bond donors (Lipinski definition) is 0. The van der Waals surface area contributed by atoms with E-state index in [0.29, 0.717) is 49.9 Å². The second kappa shape index (κ2) is 11.1. The van der Waals surface area contributed by atoms with Crippen LogP contribution in [0.5, 0.6) is 5.75 Å². The highest BCUT2D eigenvalue weighted by atomic mass is 32.1. The van der Waals surface area contributed by atoms with E-state index in [2.05, 4.69) is 10.1 Å². The number of para-hydroxylation sites is 1. The molecule has 1 amide bonds. The highest BCUT2D eigenvalue weighted by Crippen LogP contribution is 2.32. The average Bonchev–Trinajstić information content (AvgIpc) is 3.38. The van der Waals surface area contributed by atoms with E-state index in [0.717, 1.165) is 0 Å². The Morgan fingerprint density at radius 3 is 2.42 bits per heavy atom. The molecule has 3 heterocycles. The van der Waals surface area contributed by atoms with E-state index in [-0.39, 0.29) is 17.6 Å². The highest BCUT2D eigenvalue weighted by molar-refractivity contribution is 7.07. The molecule has 206 valence electrons. The predicted molar refractivity (Wildman–Crippen MR) is 154 cm³/mol. The number of carbonyl (C=O) groups excluding carboxylic acids is 2. The van der Waals surface area contributed by atoms with Crippen molar-refractivity contribution in [1.82, 2.24) is 4.57 Å². The van der Waals surface area contributed by atoms with Gasteiger partial charge in [-0.3, -0.25) is 14.2 Å². The summed E-state index contributed by atoms with van der Waals surface area (Å²) >= 11 is 1.18. The first-order valence-electron chi connectivity index (χ1n) is 13.1. The standard InChI is InChI=1S/C30H30N4O5S/c1-6-38-22-14-12-20(13-15-22)26-25(29(37)39-17(2)3)19(5)31-30-33(26)28(36)24(40-30)16-23-18(4)32-34(27(23)35)21-10-8-7-9-11-21/h7-17,23,26H,6H2,1-5H3/b24-16-/t23-,26-/m1/s1. The molecule has 0 N–H and O–H groups in total. The number of nitrogens with zero attached hydrogens (tertiary/aromatic N) is 4. The molecule has 10 heteroatoms. The second-order valence-electron chi connectivity index (χ2n) is 9.76.